The molecule has 0 aliphatic rings. The van der Waals surface area contributed by atoms with Crippen molar-refractivity contribution >= 4 is 0 Å². The Kier molecular flexibility index (Phi) is 3.01. The second kappa shape index (κ2) is 3.74. The number of hydrogen-bond donors (Lipinski definition) is 1. The Morgan fingerprint density at radius 2 is 1.71 bits per heavy atom. The molecule has 14 heavy (non-hydrogen) atoms. The molecule has 1 rings (SSSR count). The minimum absolute atomic E-state index is 0.113. The molecule has 0 aromatic heterocycles. The van der Waals surface area contributed by atoms with Crippen LogP contribution in [0.1, 0.15) is 43.5 Å². The molecule has 1 nitrogen and oxygen atoms in total. The van der Waals surface area contributed by atoms with Crippen LogP contribution in [-0.4, -0.2) is 0 Å². The van der Waals surface area contributed by atoms with Crippen molar-refractivity contribution in [3.05, 3.63) is 34.9 Å². The van der Waals surface area contributed by atoms with Crippen LogP contribution in [0.2, 0.25) is 0 Å². The Morgan fingerprint density at radius 1 is 1.14 bits per heavy atom. The number of nitrogens with two attached hydrogens (primary N) is 1. The van der Waals surface area contributed by atoms with E-state index in [0.29, 0.717) is 0 Å². The van der Waals surface area contributed by atoms with Crippen molar-refractivity contribution < 1.29 is 0 Å². The summed E-state index contributed by atoms with van der Waals surface area (Å²) in [5, 5.41) is 0. The van der Waals surface area contributed by atoms with Gasteiger partial charge in [0.05, 0.1) is 0 Å². The van der Waals surface area contributed by atoms with E-state index in [1.54, 1.807) is 0 Å². The number of rotatable bonds is 1. The SMILES string of the molecule is Cc1ccc(C)c(C(N)C(C)(C)C)c1. The van der Waals surface area contributed by atoms with Gasteiger partial charge in [0.25, 0.3) is 0 Å². The molecular weight excluding hydrogens is 170 g/mol. The summed E-state index contributed by atoms with van der Waals surface area (Å²) in [7, 11) is 0. The summed E-state index contributed by atoms with van der Waals surface area (Å²) in [6, 6.07) is 6.60. The maximum atomic E-state index is 6.24. The van der Waals surface area contributed by atoms with Gasteiger partial charge in [-0.3, -0.25) is 0 Å². The molecule has 0 heterocycles. The minimum Gasteiger partial charge on any atom is -0.324 e. The molecule has 0 amide bonds. The van der Waals surface area contributed by atoms with Crippen molar-refractivity contribution in [3.8, 4) is 0 Å². The van der Waals surface area contributed by atoms with Crippen molar-refractivity contribution in [3.63, 3.8) is 0 Å². The Hall–Kier alpha value is -0.820. The molecule has 0 aliphatic carbocycles. The van der Waals surface area contributed by atoms with Crippen molar-refractivity contribution in [2.45, 2.75) is 40.7 Å². The first-order chi connectivity index (χ1) is 6.32. The van der Waals surface area contributed by atoms with Crippen molar-refractivity contribution in [2.75, 3.05) is 0 Å². The first-order valence-corrected chi connectivity index (χ1v) is 5.15. The highest BCUT2D eigenvalue weighted by molar-refractivity contribution is 5.33. The summed E-state index contributed by atoms with van der Waals surface area (Å²) < 4.78 is 0. The van der Waals surface area contributed by atoms with Gasteiger partial charge in [-0.25, -0.2) is 0 Å². The third-order valence-corrected chi connectivity index (χ3v) is 2.70. The Labute approximate surface area is 87.3 Å². The second-order valence-corrected chi connectivity index (χ2v) is 5.20. The van der Waals surface area contributed by atoms with Crippen LogP contribution in [-0.2, 0) is 0 Å². The normalized spacial score (nSPS) is 14.1. The maximum absolute atomic E-state index is 6.24. The zero-order valence-corrected chi connectivity index (χ0v) is 9.89. The largest absolute Gasteiger partial charge is 0.324 e. The van der Waals surface area contributed by atoms with E-state index >= 15 is 0 Å². The molecule has 1 aromatic carbocycles. The first kappa shape index (κ1) is 11.3. The fourth-order valence-electron chi connectivity index (χ4n) is 1.56. The van der Waals surface area contributed by atoms with Gasteiger partial charge in [0.15, 0.2) is 0 Å². The maximum Gasteiger partial charge on any atom is 0.0346 e. The van der Waals surface area contributed by atoms with Crippen LogP contribution < -0.4 is 5.73 Å². The van der Waals surface area contributed by atoms with Gasteiger partial charge in [-0.1, -0.05) is 44.5 Å². The van der Waals surface area contributed by atoms with E-state index < -0.39 is 0 Å². The molecule has 1 atom stereocenters. The smallest absolute Gasteiger partial charge is 0.0346 e. The molecule has 0 spiro atoms. The molecule has 0 aliphatic heterocycles. The highest BCUT2D eigenvalue weighted by Crippen LogP contribution is 2.32. The summed E-state index contributed by atoms with van der Waals surface area (Å²) in [5.74, 6) is 0. The lowest BCUT2D eigenvalue weighted by Crippen LogP contribution is -2.27. The Balaban J connectivity index is 3.12. The fourth-order valence-corrected chi connectivity index (χ4v) is 1.56. The lowest BCUT2D eigenvalue weighted by Gasteiger charge is -2.28. The van der Waals surface area contributed by atoms with Crippen molar-refractivity contribution in [1.29, 1.82) is 0 Å². The van der Waals surface area contributed by atoms with Crippen molar-refractivity contribution in [1.82, 2.24) is 0 Å². The highest BCUT2D eigenvalue weighted by atomic mass is 14.7. The third kappa shape index (κ3) is 2.36. The summed E-state index contributed by atoms with van der Waals surface area (Å²) >= 11 is 0. The van der Waals surface area contributed by atoms with Gasteiger partial charge in [-0.05, 0) is 30.4 Å². The monoisotopic (exact) mass is 191 g/mol. The molecule has 0 saturated carbocycles. The number of hydrogen-bond acceptors (Lipinski definition) is 1. The summed E-state index contributed by atoms with van der Waals surface area (Å²) in [4.78, 5) is 0. The van der Waals surface area contributed by atoms with Gasteiger partial charge >= 0.3 is 0 Å². The van der Waals surface area contributed by atoms with E-state index in [-0.39, 0.29) is 11.5 Å². The first-order valence-electron chi connectivity index (χ1n) is 5.15. The summed E-state index contributed by atoms with van der Waals surface area (Å²) in [6.07, 6.45) is 0. The van der Waals surface area contributed by atoms with Gasteiger partial charge in [0.1, 0.15) is 0 Å². The zero-order valence-electron chi connectivity index (χ0n) is 9.89. The van der Waals surface area contributed by atoms with Crippen molar-refractivity contribution in [2.24, 2.45) is 11.1 Å². The highest BCUT2D eigenvalue weighted by Gasteiger charge is 2.23. The van der Waals surface area contributed by atoms with E-state index in [1.165, 1.54) is 16.7 Å². The van der Waals surface area contributed by atoms with Crippen LogP contribution in [0, 0.1) is 19.3 Å². The van der Waals surface area contributed by atoms with E-state index in [9.17, 15) is 0 Å². The van der Waals surface area contributed by atoms with Gasteiger partial charge in [0, 0.05) is 6.04 Å². The zero-order chi connectivity index (χ0) is 10.9. The lowest BCUT2D eigenvalue weighted by atomic mass is 9.81. The van der Waals surface area contributed by atoms with Gasteiger partial charge in [-0.2, -0.15) is 0 Å². The van der Waals surface area contributed by atoms with E-state index in [0.717, 1.165) is 0 Å². The topological polar surface area (TPSA) is 26.0 Å². The second-order valence-electron chi connectivity index (χ2n) is 5.20. The standard InChI is InChI=1S/C13H21N/c1-9-6-7-10(2)11(8-9)12(14)13(3,4)5/h6-8,12H,14H2,1-5H3. The predicted molar refractivity (Wildman–Crippen MR) is 62.3 cm³/mol. The minimum atomic E-state index is 0.113. The molecule has 2 N–H and O–H groups in total. The average molecular weight is 191 g/mol. The third-order valence-electron chi connectivity index (χ3n) is 2.70. The molecule has 0 radical (unpaired) electrons. The molecule has 0 fully saturated rings. The van der Waals surface area contributed by atoms with E-state index in [2.05, 4.69) is 52.8 Å². The Morgan fingerprint density at radius 3 is 2.21 bits per heavy atom. The molecule has 1 aromatic rings. The van der Waals surface area contributed by atoms with Gasteiger partial charge in [-0.15, -0.1) is 0 Å². The fraction of sp³-hybridized carbons (Fsp3) is 0.538. The van der Waals surface area contributed by atoms with Crippen LogP contribution in [0.25, 0.3) is 0 Å². The quantitative estimate of drug-likeness (QED) is 0.723. The molecule has 0 bridgehead atoms. The summed E-state index contributed by atoms with van der Waals surface area (Å²) in [5.41, 5.74) is 10.2. The molecular formula is C13H21N. The summed E-state index contributed by atoms with van der Waals surface area (Å²) in [6.45, 7) is 10.8. The molecule has 1 unspecified atom stereocenters. The average Bonchev–Trinajstić information content (AvgIpc) is 2.06. The van der Waals surface area contributed by atoms with E-state index in [1.807, 2.05) is 0 Å². The van der Waals surface area contributed by atoms with Crippen LogP contribution in [0.3, 0.4) is 0 Å². The Bertz CT molecular complexity index is 320. The molecule has 78 valence electrons. The molecule has 0 saturated heterocycles. The van der Waals surface area contributed by atoms with E-state index in [4.69, 9.17) is 5.73 Å². The van der Waals surface area contributed by atoms with Crippen LogP contribution in [0.5, 0.6) is 0 Å². The lowest BCUT2D eigenvalue weighted by molar-refractivity contribution is 0.326. The number of aryl methyl sites for hydroxylation is 2. The van der Waals surface area contributed by atoms with Gasteiger partial charge < -0.3 is 5.73 Å². The van der Waals surface area contributed by atoms with Crippen LogP contribution >= 0.6 is 0 Å². The van der Waals surface area contributed by atoms with Crippen LogP contribution in [0.15, 0.2) is 18.2 Å². The predicted octanol–water partition coefficient (Wildman–Crippen LogP) is 3.35. The van der Waals surface area contributed by atoms with Gasteiger partial charge in [0.2, 0.25) is 0 Å². The van der Waals surface area contributed by atoms with Crippen LogP contribution in [0.4, 0.5) is 0 Å². The number of benzene rings is 1. The molecule has 1 heteroatoms.